The van der Waals surface area contributed by atoms with E-state index in [1.54, 1.807) is 49.6 Å². The van der Waals surface area contributed by atoms with Crippen LogP contribution in [0.4, 0.5) is 0 Å². The van der Waals surface area contributed by atoms with Crippen molar-refractivity contribution in [3.8, 4) is 11.5 Å². The molecule has 22 heavy (non-hydrogen) atoms. The molecule has 2 aromatic carbocycles. The van der Waals surface area contributed by atoms with E-state index in [1.807, 2.05) is 0 Å². The normalized spacial score (nSPS) is 10.4. The Morgan fingerprint density at radius 3 is 2.45 bits per heavy atom. The smallest absolute Gasteiger partial charge is 0.299 e. The van der Waals surface area contributed by atoms with Gasteiger partial charge in [-0.05, 0) is 35.9 Å². The summed E-state index contributed by atoms with van der Waals surface area (Å²) in [6.45, 7) is 0. The fraction of sp³-hybridized carbons (Fsp3) is 0.0625. The van der Waals surface area contributed by atoms with E-state index in [4.69, 9.17) is 4.74 Å². The summed E-state index contributed by atoms with van der Waals surface area (Å²) in [6, 6.07) is 13.1. The highest BCUT2D eigenvalue weighted by molar-refractivity contribution is 6.08. The molecule has 0 amide bonds. The molecule has 112 valence electrons. The second kappa shape index (κ2) is 7.03. The van der Waals surface area contributed by atoms with Crippen LogP contribution < -0.4 is 9.57 Å². The maximum Gasteiger partial charge on any atom is 0.299 e. The summed E-state index contributed by atoms with van der Waals surface area (Å²) in [7, 11) is 1.57. The summed E-state index contributed by atoms with van der Waals surface area (Å²) in [5.41, 5.74) is 0.936. The molecule has 2 rings (SSSR count). The van der Waals surface area contributed by atoms with Gasteiger partial charge in [0.15, 0.2) is 5.78 Å². The van der Waals surface area contributed by atoms with Gasteiger partial charge in [-0.2, -0.15) is 0 Å². The van der Waals surface area contributed by atoms with E-state index in [0.29, 0.717) is 5.75 Å². The average molecular weight is 299 g/mol. The maximum atomic E-state index is 12.1. The van der Waals surface area contributed by atoms with Gasteiger partial charge < -0.3 is 4.74 Å². The number of allylic oxidation sites excluding steroid dienone is 1. The van der Waals surface area contributed by atoms with Crippen molar-refractivity contribution in [2.45, 2.75) is 0 Å². The van der Waals surface area contributed by atoms with Crippen LogP contribution in [0.3, 0.4) is 0 Å². The van der Waals surface area contributed by atoms with Gasteiger partial charge in [-0.3, -0.25) is 9.63 Å². The molecule has 0 fully saturated rings. The van der Waals surface area contributed by atoms with E-state index in [-0.39, 0.29) is 17.1 Å². The molecule has 0 spiro atoms. The van der Waals surface area contributed by atoms with E-state index in [1.165, 1.54) is 18.2 Å². The van der Waals surface area contributed by atoms with Gasteiger partial charge in [-0.1, -0.05) is 30.3 Å². The van der Waals surface area contributed by atoms with Crippen LogP contribution in [0.5, 0.6) is 11.5 Å². The first-order valence-corrected chi connectivity index (χ1v) is 6.38. The van der Waals surface area contributed by atoms with Gasteiger partial charge in [-0.25, -0.2) is 0 Å². The summed E-state index contributed by atoms with van der Waals surface area (Å²) < 4.78 is 5.05. The van der Waals surface area contributed by atoms with Crippen molar-refractivity contribution < 1.29 is 19.5 Å². The van der Waals surface area contributed by atoms with Crippen molar-refractivity contribution in [3.05, 3.63) is 75.8 Å². The SMILES string of the molecule is COc1ccc(/C=C/C(=O)c2ccccc2O[N+](=O)[O-])cc1. The topological polar surface area (TPSA) is 78.7 Å². The summed E-state index contributed by atoms with van der Waals surface area (Å²) in [6.07, 6.45) is 2.95. The molecule has 6 heteroatoms. The third-order valence-corrected chi connectivity index (χ3v) is 2.87. The van der Waals surface area contributed by atoms with Crippen LogP contribution in [0.25, 0.3) is 6.08 Å². The number of carbonyl (C=O) groups excluding carboxylic acids is 1. The van der Waals surface area contributed by atoms with Crippen molar-refractivity contribution in [1.29, 1.82) is 0 Å². The lowest BCUT2D eigenvalue weighted by Crippen LogP contribution is -2.07. The fourth-order valence-electron chi connectivity index (χ4n) is 1.81. The summed E-state index contributed by atoms with van der Waals surface area (Å²) in [5.74, 6) is 0.248. The molecule has 6 nitrogen and oxygen atoms in total. The van der Waals surface area contributed by atoms with E-state index >= 15 is 0 Å². The van der Waals surface area contributed by atoms with Gasteiger partial charge in [0.25, 0.3) is 5.09 Å². The molecule has 0 aromatic heterocycles. The van der Waals surface area contributed by atoms with Gasteiger partial charge in [0, 0.05) is 0 Å². The minimum atomic E-state index is -0.945. The molecule has 0 aliphatic heterocycles. The number of ketones is 1. The lowest BCUT2D eigenvalue weighted by Gasteiger charge is -2.03. The summed E-state index contributed by atoms with van der Waals surface area (Å²) in [5, 5.41) is 9.48. The lowest BCUT2D eigenvalue weighted by atomic mass is 10.1. The van der Waals surface area contributed by atoms with Crippen LogP contribution in [0.2, 0.25) is 0 Å². The number of para-hydroxylation sites is 1. The Kier molecular flexibility index (Phi) is 4.87. The predicted octanol–water partition coefficient (Wildman–Crippen LogP) is 3.16. The Hall–Kier alpha value is -3.15. The van der Waals surface area contributed by atoms with Crippen LogP contribution in [0.1, 0.15) is 15.9 Å². The highest BCUT2D eigenvalue weighted by atomic mass is 17.0. The first-order valence-electron chi connectivity index (χ1n) is 6.38. The first kappa shape index (κ1) is 15.2. The van der Waals surface area contributed by atoms with Gasteiger partial charge >= 0.3 is 0 Å². The second-order valence-corrected chi connectivity index (χ2v) is 4.28. The molecule has 0 aliphatic rings. The number of hydrogen-bond donors (Lipinski definition) is 0. The first-order chi connectivity index (χ1) is 10.6. The Bertz CT molecular complexity index is 707. The second-order valence-electron chi connectivity index (χ2n) is 4.28. The molecule has 0 saturated carbocycles. The molecule has 2 aromatic rings. The number of methoxy groups -OCH3 is 1. The molecular formula is C16H13NO5. The molecule has 0 atom stereocenters. The monoisotopic (exact) mass is 299 g/mol. The quantitative estimate of drug-likeness (QED) is 0.354. The Labute approximate surface area is 126 Å². The molecule has 0 bridgehead atoms. The highest BCUT2D eigenvalue weighted by Gasteiger charge is 2.11. The predicted molar refractivity (Wildman–Crippen MR) is 80.4 cm³/mol. The van der Waals surface area contributed by atoms with Crippen molar-refractivity contribution in [2.75, 3.05) is 7.11 Å². The number of rotatable bonds is 6. The molecule has 0 radical (unpaired) electrons. The van der Waals surface area contributed by atoms with E-state index in [0.717, 1.165) is 5.56 Å². The van der Waals surface area contributed by atoms with Crippen molar-refractivity contribution in [2.24, 2.45) is 0 Å². The number of hydrogen-bond acceptors (Lipinski definition) is 5. The largest absolute Gasteiger partial charge is 0.497 e. The zero-order chi connectivity index (χ0) is 15.9. The third kappa shape index (κ3) is 3.92. The van der Waals surface area contributed by atoms with Crippen LogP contribution in [-0.2, 0) is 0 Å². The Balaban J connectivity index is 2.17. The Morgan fingerprint density at radius 1 is 1.14 bits per heavy atom. The molecule has 0 aliphatic carbocycles. The minimum absolute atomic E-state index is 0.0862. The van der Waals surface area contributed by atoms with Crippen molar-refractivity contribution in [3.63, 3.8) is 0 Å². The van der Waals surface area contributed by atoms with Gasteiger partial charge in [0.2, 0.25) is 0 Å². The fourth-order valence-corrected chi connectivity index (χ4v) is 1.81. The molecule has 0 heterocycles. The highest BCUT2D eigenvalue weighted by Crippen LogP contribution is 2.20. The Morgan fingerprint density at radius 2 is 1.82 bits per heavy atom. The summed E-state index contributed by atoms with van der Waals surface area (Å²) in [4.78, 5) is 27.0. The molecule has 0 N–H and O–H groups in total. The number of benzene rings is 2. The molecular weight excluding hydrogens is 286 g/mol. The van der Waals surface area contributed by atoms with E-state index < -0.39 is 5.09 Å². The summed E-state index contributed by atoms with van der Waals surface area (Å²) >= 11 is 0. The lowest BCUT2D eigenvalue weighted by molar-refractivity contribution is -0.711. The minimum Gasteiger partial charge on any atom is -0.497 e. The zero-order valence-electron chi connectivity index (χ0n) is 11.8. The van der Waals surface area contributed by atoms with Crippen LogP contribution in [0.15, 0.2) is 54.6 Å². The van der Waals surface area contributed by atoms with E-state index in [9.17, 15) is 14.9 Å². The number of carbonyl (C=O) groups is 1. The number of ether oxygens (including phenoxy) is 1. The average Bonchev–Trinajstić information content (AvgIpc) is 2.53. The standard InChI is InChI=1S/C16H13NO5/c1-21-13-9-6-12(7-10-13)8-11-15(18)14-4-2-3-5-16(14)22-17(19)20/h2-11H,1H3/b11-8+. The maximum absolute atomic E-state index is 12.1. The van der Waals surface area contributed by atoms with Crippen LogP contribution >= 0.6 is 0 Å². The molecule has 0 saturated heterocycles. The van der Waals surface area contributed by atoms with E-state index in [2.05, 4.69) is 4.84 Å². The van der Waals surface area contributed by atoms with Crippen molar-refractivity contribution >= 4 is 11.9 Å². The molecule has 0 unspecified atom stereocenters. The van der Waals surface area contributed by atoms with Crippen molar-refractivity contribution in [1.82, 2.24) is 0 Å². The third-order valence-electron chi connectivity index (χ3n) is 2.87. The van der Waals surface area contributed by atoms with Crippen LogP contribution in [0, 0.1) is 10.1 Å². The zero-order valence-corrected chi connectivity index (χ0v) is 11.8. The van der Waals surface area contributed by atoms with Gasteiger partial charge in [0.05, 0.1) is 12.7 Å². The van der Waals surface area contributed by atoms with Crippen LogP contribution in [-0.4, -0.2) is 18.0 Å². The van der Waals surface area contributed by atoms with Gasteiger partial charge in [-0.15, -0.1) is 10.1 Å². The van der Waals surface area contributed by atoms with Gasteiger partial charge in [0.1, 0.15) is 11.5 Å². The number of nitrogens with zero attached hydrogens (tertiary/aromatic N) is 1.